The molecule has 6 nitrogen and oxygen atoms in total. The van der Waals surface area contributed by atoms with Crippen molar-refractivity contribution in [3.63, 3.8) is 0 Å². The average molecular weight is 430 g/mol. The number of sulfonamides is 1. The van der Waals surface area contributed by atoms with E-state index in [1.807, 2.05) is 36.4 Å². The van der Waals surface area contributed by atoms with Crippen LogP contribution < -0.4 is 15.4 Å². The van der Waals surface area contributed by atoms with Gasteiger partial charge in [-0.05, 0) is 68.7 Å². The molecule has 1 aliphatic carbocycles. The normalized spacial score (nSPS) is 15.0. The molecule has 0 atom stereocenters. The fourth-order valence-corrected chi connectivity index (χ4v) is 4.16. The minimum Gasteiger partial charge on any atom is -0.381 e. The van der Waals surface area contributed by atoms with Crippen LogP contribution in [0.1, 0.15) is 51.5 Å². The molecule has 1 fully saturated rings. The van der Waals surface area contributed by atoms with Crippen LogP contribution in [-0.4, -0.2) is 19.6 Å². The summed E-state index contributed by atoms with van der Waals surface area (Å²) in [5.74, 6) is 0.271. The lowest BCUT2D eigenvalue weighted by Crippen LogP contribution is -2.24. The monoisotopic (exact) mass is 429 g/mol. The largest absolute Gasteiger partial charge is 0.381 e. The van der Waals surface area contributed by atoms with E-state index in [2.05, 4.69) is 15.4 Å². The molecule has 0 unspecified atom stereocenters. The van der Waals surface area contributed by atoms with Gasteiger partial charge in [-0.15, -0.1) is 0 Å². The van der Waals surface area contributed by atoms with E-state index in [-0.39, 0.29) is 11.8 Å². The smallest absolute Gasteiger partial charge is 0.235 e. The standard InChI is InChI=1S/C23H31N3O3S/c1-17(2)30(28,29)26-22-10-8-18(9-11-22)16-24-20-12-14-21(15-13-20)25-23(27)19-6-4-3-5-7-19/h8-15,17,19,24,26H,3-7,16H2,1-2H3,(H,25,27). The summed E-state index contributed by atoms with van der Waals surface area (Å²) in [7, 11) is -3.34. The number of anilines is 3. The average Bonchev–Trinajstić information content (AvgIpc) is 2.74. The lowest BCUT2D eigenvalue weighted by molar-refractivity contribution is -0.120. The molecule has 162 valence electrons. The van der Waals surface area contributed by atoms with Crippen molar-refractivity contribution in [1.29, 1.82) is 0 Å². The van der Waals surface area contributed by atoms with Gasteiger partial charge in [-0.2, -0.15) is 0 Å². The van der Waals surface area contributed by atoms with Crippen molar-refractivity contribution in [1.82, 2.24) is 0 Å². The number of amides is 1. The van der Waals surface area contributed by atoms with E-state index in [4.69, 9.17) is 0 Å². The molecule has 0 heterocycles. The van der Waals surface area contributed by atoms with Crippen molar-refractivity contribution >= 4 is 33.0 Å². The molecule has 1 amide bonds. The van der Waals surface area contributed by atoms with E-state index in [0.29, 0.717) is 12.2 Å². The Morgan fingerprint density at radius 2 is 1.47 bits per heavy atom. The molecule has 0 saturated heterocycles. The van der Waals surface area contributed by atoms with E-state index in [9.17, 15) is 13.2 Å². The van der Waals surface area contributed by atoms with Crippen LogP contribution in [0.5, 0.6) is 0 Å². The van der Waals surface area contributed by atoms with E-state index >= 15 is 0 Å². The summed E-state index contributed by atoms with van der Waals surface area (Å²) < 4.78 is 26.4. The van der Waals surface area contributed by atoms with Gasteiger partial charge in [0.2, 0.25) is 15.9 Å². The summed E-state index contributed by atoms with van der Waals surface area (Å²) in [6.45, 7) is 3.91. The molecule has 30 heavy (non-hydrogen) atoms. The molecule has 3 N–H and O–H groups in total. The Morgan fingerprint density at radius 1 is 0.900 bits per heavy atom. The fourth-order valence-electron chi connectivity index (χ4n) is 3.46. The SMILES string of the molecule is CC(C)S(=O)(=O)Nc1ccc(CNc2ccc(NC(=O)C3CCCCC3)cc2)cc1. The van der Waals surface area contributed by atoms with Crippen LogP contribution in [0.15, 0.2) is 48.5 Å². The third-order valence-electron chi connectivity index (χ3n) is 5.46. The Morgan fingerprint density at radius 3 is 2.07 bits per heavy atom. The number of hydrogen-bond acceptors (Lipinski definition) is 4. The zero-order valence-corrected chi connectivity index (χ0v) is 18.5. The fraction of sp³-hybridized carbons (Fsp3) is 0.435. The first kappa shape index (κ1) is 22.2. The number of carbonyl (C=O) groups excluding carboxylic acids is 1. The lowest BCUT2D eigenvalue weighted by atomic mass is 9.88. The van der Waals surface area contributed by atoms with Gasteiger partial charge in [0.05, 0.1) is 5.25 Å². The molecule has 1 saturated carbocycles. The van der Waals surface area contributed by atoms with Gasteiger partial charge in [0.15, 0.2) is 0 Å². The lowest BCUT2D eigenvalue weighted by Gasteiger charge is -2.20. The third-order valence-corrected chi connectivity index (χ3v) is 7.22. The highest BCUT2D eigenvalue weighted by Crippen LogP contribution is 2.25. The molecule has 0 bridgehead atoms. The quantitative estimate of drug-likeness (QED) is 0.553. The van der Waals surface area contributed by atoms with Crippen LogP contribution in [-0.2, 0) is 21.4 Å². The summed E-state index contributed by atoms with van der Waals surface area (Å²) in [4.78, 5) is 12.3. The molecular formula is C23H31N3O3S. The van der Waals surface area contributed by atoms with E-state index in [1.54, 1.807) is 26.0 Å². The Bertz CT molecular complexity index is 933. The molecule has 3 rings (SSSR count). The summed E-state index contributed by atoms with van der Waals surface area (Å²) in [6.07, 6.45) is 5.50. The van der Waals surface area contributed by atoms with Gasteiger partial charge >= 0.3 is 0 Å². The minimum atomic E-state index is -3.34. The summed E-state index contributed by atoms with van der Waals surface area (Å²) in [5.41, 5.74) is 3.37. The maximum atomic E-state index is 12.3. The highest BCUT2D eigenvalue weighted by Gasteiger charge is 2.21. The maximum Gasteiger partial charge on any atom is 0.235 e. The van der Waals surface area contributed by atoms with Crippen LogP contribution in [0.25, 0.3) is 0 Å². The van der Waals surface area contributed by atoms with Crippen molar-refractivity contribution in [3.8, 4) is 0 Å². The highest BCUT2D eigenvalue weighted by atomic mass is 32.2. The molecule has 1 aliphatic rings. The van der Waals surface area contributed by atoms with Crippen molar-refractivity contribution in [3.05, 3.63) is 54.1 Å². The number of carbonyl (C=O) groups is 1. The maximum absolute atomic E-state index is 12.3. The first-order valence-corrected chi connectivity index (χ1v) is 12.1. The second-order valence-corrected chi connectivity index (χ2v) is 10.4. The Labute approximate surface area is 179 Å². The molecule has 7 heteroatoms. The highest BCUT2D eigenvalue weighted by molar-refractivity contribution is 7.93. The van der Waals surface area contributed by atoms with Crippen molar-refractivity contribution in [2.75, 3.05) is 15.4 Å². The number of hydrogen-bond donors (Lipinski definition) is 3. The zero-order chi connectivity index (χ0) is 21.6. The van der Waals surface area contributed by atoms with Crippen LogP contribution in [0.3, 0.4) is 0 Å². The topological polar surface area (TPSA) is 87.3 Å². The molecule has 2 aromatic rings. The molecular weight excluding hydrogens is 398 g/mol. The molecule has 0 radical (unpaired) electrons. The molecule has 0 aromatic heterocycles. The first-order chi connectivity index (χ1) is 14.3. The van der Waals surface area contributed by atoms with Crippen LogP contribution in [0, 0.1) is 5.92 Å². The second kappa shape index (κ2) is 9.98. The minimum absolute atomic E-state index is 0.128. The second-order valence-electron chi connectivity index (χ2n) is 8.15. The van der Waals surface area contributed by atoms with Crippen LogP contribution in [0.2, 0.25) is 0 Å². The van der Waals surface area contributed by atoms with Gasteiger partial charge in [0.25, 0.3) is 0 Å². The Kier molecular flexibility index (Phi) is 7.37. The van der Waals surface area contributed by atoms with Crippen molar-refractivity contribution < 1.29 is 13.2 Å². The predicted octanol–water partition coefficient (Wildman–Crippen LogP) is 4.97. The third kappa shape index (κ3) is 6.23. The van der Waals surface area contributed by atoms with Gasteiger partial charge in [0, 0.05) is 29.5 Å². The predicted molar refractivity (Wildman–Crippen MR) is 123 cm³/mol. The van der Waals surface area contributed by atoms with E-state index < -0.39 is 15.3 Å². The van der Waals surface area contributed by atoms with E-state index in [0.717, 1.165) is 42.6 Å². The Balaban J connectivity index is 1.49. The van der Waals surface area contributed by atoms with Crippen molar-refractivity contribution in [2.24, 2.45) is 5.92 Å². The number of rotatable bonds is 8. The zero-order valence-electron chi connectivity index (χ0n) is 17.6. The van der Waals surface area contributed by atoms with Crippen molar-refractivity contribution in [2.45, 2.75) is 57.7 Å². The van der Waals surface area contributed by atoms with E-state index in [1.165, 1.54) is 6.42 Å². The van der Waals surface area contributed by atoms with Gasteiger partial charge < -0.3 is 10.6 Å². The van der Waals surface area contributed by atoms with Crippen LogP contribution >= 0.6 is 0 Å². The summed E-state index contributed by atoms with van der Waals surface area (Å²) in [5, 5.41) is 5.88. The van der Waals surface area contributed by atoms with Gasteiger partial charge in [-0.25, -0.2) is 8.42 Å². The summed E-state index contributed by atoms with van der Waals surface area (Å²) in [6, 6.07) is 15.0. The van der Waals surface area contributed by atoms with Crippen LogP contribution in [0.4, 0.5) is 17.1 Å². The van der Waals surface area contributed by atoms with Gasteiger partial charge in [-0.3, -0.25) is 9.52 Å². The molecule has 2 aromatic carbocycles. The summed E-state index contributed by atoms with van der Waals surface area (Å²) >= 11 is 0. The molecule has 0 spiro atoms. The molecule has 0 aliphatic heterocycles. The van der Waals surface area contributed by atoms with Gasteiger partial charge in [0.1, 0.15) is 0 Å². The first-order valence-electron chi connectivity index (χ1n) is 10.6. The Hall–Kier alpha value is -2.54. The number of nitrogens with one attached hydrogen (secondary N) is 3. The van der Waals surface area contributed by atoms with Gasteiger partial charge in [-0.1, -0.05) is 31.4 Å². The number of benzene rings is 2.